The summed E-state index contributed by atoms with van der Waals surface area (Å²) < 4.78 is 0. The van der Waals surface area contributed by atoms with Crippen LogP contribution in [0.25, 0.3) is 0 Å². The number of carbonyl (C=O) groups excluding carboxylic acids is 1. The summed E-state index contributed by atoms with van der Waals surface area (Å²) in [7, 11) is 0. The van der Waals surface area contributed by atoms with Gasteiger partial charge in [0, 0.05) is 24.3 Å². The molecule has 0 aliphatic rings. The molecule has 110 valence electrons. The van der Waals surface area contributed by atoms with Crippen LogP contribution in [-0.2, 0) is 0 Å². The van der Waals surface area contributed by atoms with E-state index in [0.29, 0.717) is 12.2 Å². The molecule has 1 aromatic rings. The molecular formula is C14H21N3O3. The van der Waals surface area contributed by atoms with Gasteiger partial charge in [0.2, 0.25) is 0 Å². The Balaban J connectivity index is 3.08. The Hall–Kier alpha value is -2.11. The van der Waals surface area contributed by atoms with Crippen LogP contribution in [0.1, 0.15) is 38.1 Å². The van der Waals surface area contributed by atoms with Crippen molar-refractivity contribution in [2.24, 2.45) is 5.92 Å². The quantitative estimate of drug-likeness (QED) is 0.619. The van der Waals surface area contributed by atoms with E-state index in [-0.39, 0.29) is 23.2 Å². The molecule has 0 fully saturated rings. The minimum Gasteiger partial charge on any atom is -0.385 e. The molecule has 0 saturated carbocycles. The van der Waals surface area contributed by atoms with E-state index < -0.39 is 10.8 Å². The smallest absolute Gasteiger partial charge is 0.282 e. The van der Waals surface area contributed by atoms with Crippen LogP contribution < -0.4 is 10.6 Å². The Bertz CT molecular complexity index is 500. The highest BCUT2D eigenvalue weighted by Crippen LogP contribution is 2.23. The highest BCUT2D eigenvalue weighted by molar-refractivity contribution is 5.99. The van der Waals surface area contributed by atoms with Gasteiger partial charge in [0.05, 0.1) is 4.92 Å². The number of nitro benzene ring substituents is 1. The Labute approximate surface area is 118 Å². The van der Waals surface area contributed by atoms with Gasteiger partial charge in [-0.1, -0.05) is 13.8 Å². The van der Waals surface area contributed by atoms with Crippen LogP contribution in [0.3, 0.4) is 0 Å². The molecule has 20 heavy (non-hydrogen) atoms. The van der Waals surface area contributed by atoms with Crippen molar-refractivity contribution in [1.29, 1.82) is 0 Å². The van der Waals surface area contributed by atoms with Crippen molar-refractivity contribution in [2.45, 2.75) is 33.7 Å². The van der Waals surface area contributed by atoms with Gasteiger partial charge in [0.25, 0.3) is 11.6 Å². The fourth-order valence-corrected chi connectivity index (χ4v) is 1.64. The lowest BCUT2D eigenvalue weighted by atomic mass is 10.1. The number of anilines is 1. The first-order valence-electron chi connectivity index (χ1n) is 6.70. The number of amides is 1. The molecule has 6 heteroatoms. The van der Waals surface area contributed by atoms with Crippen LogP contribution in [-0.4, -0.2) is 23.4 Å². The van der Waals surface area contributed by atoms with E-state index in [2.05, 4.69) is 10.6 Å². The van der Waals surface area contributed by atoms with Crippen molar-refractivity contribution in [3.63, 3.8) is 0 Å². The molecular weight excluding hydrogens is 258 g/mol. The van der Waals surface area contributed by atoms with Crippen LogP contribution in [0.5, 0.6) is 0 Å². The van der Waals surface area contributed by atoms with Crippen molar-refractivity contribution >= 4 is 17.3 Å². The largest absolute Gasteiger partial charge is 0.385 e. The second kappa shape index (κ2) is 6.88. The van der Waals surface area contributed by atoms with Crippen molar-refractivity contribution in [1.82, 2.24) is 5.32 Å². The molecule has 0 heterocycles. The first-order valence-corrected chi connectivity index (χ1v) is 6.70. The molecule has 1 atom stereocenters. The third-order valence-electron chi connectivity index (χ3n) is 3.18. The van der Waals surface area contributed by atoms with Crippen molar-refractivity contribution in [2.75, 3.05) is 11.9 Å². The lowest BCUT2D eigenvalue weighted by Crippen LogP contribution is -2.36. The maximum absolute atomic E-state index is 12.2. The monoisotopic (exact) mass is 279 g/mol. The topological polar surface area (TPSA) is 84.3 Å². The van der Waals surface area contributed by atoms with Crippen molar-refractivity contribution in [3.8, 4) is 0 Å². The van der Waals surface area contributed by atoms with Gasteiger partial charge in [0.1, 0.15) is 5.56 Å². The van der Waals surface area contributed by atoms with Crippen molar-refractivity contribution in [3.05, 3.63) is 33.9 Å². The van der Waals surface area contributed by atoms with Crippen LogP contribution in [0.4, 0.5) is 11.4 Å². The van der Waals surface area contributed by atoms with Crippen molar-refractivity contribution < 1.29 is 9.72 Å². The van der Waals surface area contributed by atoms with E-state index in [1.54, 1.807) is 6.07 Å². The fourth-order valence-electron chi connectivity index (χ4n) is 1.64. The van der Waals surface area contributed by atoms with Gasteiger partial charge in [-0.3, -0.25) is 14.9 Å². The van der Waals surface area contributed by atoms with E-state index in [4.69, 9.17) is 0 Å². The van der Waals surface area contributed by atoms with E-state index >= 15 is 0 Å². The second-order valence-electron chi connectivity index (χ2n) is 5.03. The molecule has 0 radical (unpaired) electrons. The van der Waals surface area contributed by atoms with Gasteiger partial charge in [-0.05, 0) is 31.9 Å². The number of rotatable bonds is 6. The number of carbonyl (C=O) groups is 1. The number of hydrogen-bond donors (Lipinski definition) is 2. The normalized spacial score (nSPS) is 12.1. The number of nitrogens with one attached hydrogen (secondary N) is 2. The van der Waals surface area contributed by atoms with Gasteiger partial charge in [0.15, 0.2) is 0 Å². The molecule has 0 aliphatic heterocycles. The van der Waals surface area contributed by atoms with Crippen LogP contribution in [0.15, 0.2) is 18.2 Å². The summed E-state index contributed by atoms with van der Waals surface area (Å²) in [6.45, 7) is 8.44. The summed E-state index contributed by atoms with van der Waals surface area (Å²) in [5, 5.41) is 16.9. The Morgan fingerprint density at radius 3 is 2.50 bits per heavy atom. The average molecular weight is 279 g/mol. The number of nitrogens with zero attached hydrogens (tertiary/aromatic N) is 1. The first kappa shape index (κ1) is 15.9. The number of benzene rings is 1. The second-order valence-corrected chi connectivity index (χ2v) is 5.03. The summed E-state index contributed by atoms with van der Waals surface area (Å²) in [5.41, 5.74) is 0.599. The van der Waals surface area contributed by atoms with Gasteiger partial charge >= 0.3 is 0 Å². The highest BCUT2D eigenvalue weighted by Gasteiger charge is 2.22. The molecule has 6 nitrogen and oxygen atoms in total. The molecule has 0 aromatic heterocycles. The lowest BCUT2D eigenvalue weighted by Gasteiger charge is -2.17. The van der Waals surface area contributed by atoms with Crippen LogP contribution >= 0.6 is 0 Å². The van der Waals surface area contributed by atoms with E-state index in [9.17, 15) is 14.9 Å². The van der Waals surface area contributed by atoms with Gasteiger partial charge in [-0.25, -0.2) is 0 Å². The molecule has 1 unspecified atom stereocenters. The summed E-state index contributed by atoms with van der Waals surface area (Å²) in [4.78, 5) is 22.7. The maximum Gasteiger partial charge on any atom is 0.282 e. The zero-order valence-electron chi connectivity index (χ0n) is 12.3. The molecule has 0 saturated heterocycles. The Morgan fingerprint density at radius 1 is 1.35 bits per heavy atom. The zero-order chi connectivity index (χ0) is 15.3. The van der Waals surface area contributed by atoms with Gasteiger partial charge in [-0.15, -0.1) is 0 Å². The van der Waals surface area contributed by atoms with E-state index in [1.165, 1.54) is 12.1 Å². The number of hydrogen-bond acceptors (Lipinski definition) is 4. The first-order chi connectivity index (χ1) is 9.36. The summed E-state index contributed by atoms with van der Waals surface area (Å²) in [5.74, 6) is -0.160. The number of nitro groups is 1. The molecule has 0 bridgehead atoms. The average Bonchev–Trinajstić information content (AvgIpc) is 2.38. The highest BCUT2D eigenvalue weighted by atomic mass is 16.6. The predicted molar refractivity (Wildman–Crippen MR) is 79.0 cm³/mol. The molecule has 0 aliphatic carbocycles. The van der Waals surface area contributed by atoms with Crippen LogP contribution in [0.2, 0.25) is 0 Å². The molecule has 2 N–H and O–H groups in total. The summed E-state index contributed by atoms with van der Waals surface area (Å²) in [6, 6.07) is 4.42. The molecule has 0 spiro atoms. The third kappa shape index (κ3) is 3.94. The fraction of sp³-hybridized carbons (Fsp3) is 0.500. The maximum atomic E-state index is 12.2. The Morgan fingerprint density at radius 2 is 2.00 bits per heavy atom. The predicted octanol–water partition coefficient (Wildman–Crippen LogP) is 2.80. The van der Waals surface area contributed by atoms with E-state index in [1.807, 2.05) is 27.7 Å². The lowest BCUT2D eigenvalue weighted by molar-refractivity contribution is -0.385. The SMILES string of the molecule is CCNc1ccc([N+](=O)[O-])c(C(=O)NC(C)C(C)C)c1. The van der Waals surface area contributed by atoms with E-state index in [0.717, 1.165) is 0 Å². The minimum absolute atomic E-state index is 0.0510. The minimum atomic E-state index is -0.537. The van der Waals surface area contributed by atoms with Gasteiger partial charge in [-0.2, -0.15) is 0 Å². The summed E-state index contributed by atoms with van der Waals surface area (Å²) in [6.07, 6.45) is 0. The molecule has 1 rings (SSSR count). The molecule has 1 aromatic carbocycles. The van der Waals surface area contributed by atoms with Gasteiger partial charge < -0.3 is 10.6 Å². The summed E-state index contributed by atoms with van der Waals surface area (Å²) >= 11 is 0. The third-order valence-corrected chi connectivity index (χ3v) is 3.18. The standard InChI is InChI=1S/C14H21N3O3/c1-5-15-11-6-7-13(17(19)20)12(8-11)14(18)16-10(4)9(2)3/h6-10,15H,5H2,1-4H3,(H,16,18). The zero-order valence-corrected chi connectivity index (χ0v) is 12.3. The molecule has 1 amide bonds. The van der Waals surface area contributed by atoms with Crippen LogP contribution in [0, 0.1) is 16.0 Å². The Kier molecular flexibility index (Phi) is 5.49.